The highest BCUT2D eigenvalue weighted by Gasteiger charge is 2.11. The van der Waals surface area contributed by atoms with Gasteiger partial charge in [0.2, 0.25) is 0 Å². The monoisotopic (exact) mass is 214 g/mol. The van der Waals surface area contributed by atoms with Gasteiger partial charge in [-0.1, -0.05) is 50.6 Å². The van der Waals surface area contributed by atoms with E-state index in [1.54, 1.807) is 5.57 Å². The Hall–Kier alpha value is -1.04. The summed E-state index contributed by atoms with van der Waals surface area (Å²) >= 11 is 0. The Labute approximate surface area is 99.4 Å². The maximum atomic E-state index is 2.43. The third kappa shape index (κ3) is 2.75. The molecule has 0 aliphatic heterocycles. The predicted octanol–water partition coefficient (Wildman–Crippen LogP) is 4.84. The van der Waals surface area contributed by atoms with E-state index in [2.05, 4.69) is 44.2 Å². The van der Waals surface area contributed by atoms with E-state index in [4.69, 9.17) is 0 Å². The molecular formula is C16H22. The lowest BCUT2D eigenvalue weighted by Crippen LogP contribution is -2.00. The first kappa shape index (κ1) is 11.4. The fraction of sp³-hybridized carbons (Fsp3) is 0.500. The van der Waals surface area contributed by atoms with Crippen molar-refractivity contribution in [3.05, 3.63) is 41.5 Å². The van der Waals surface area contributed by atoms with E-state index in [0.29, 0.717) is 0 Å². The molecule has 0 N–H and O–H groups in total. The van der Waals surface area contributed by atoms with Crippen LogP contribution >= 0.6 is 0 Å². The molecule has 1 aliphatic rings. The second-order valence-electron chi connectivity index (χ2n) is 5.06. The number of hydrogen-bond acceptors (Lipinski definition) is 0. The molecule has 0 heterocycles. The van der Waals surface area contributed by atoms with Crippen LogP contribution < -0.4 is 0 Å². The summed E-state index contributed by atoms with van der Waals surface area (Å²) < 4.78 is 0. The molecule has 1 aliphatic carbocycles. The van der Waals surface area contributed by atoms with Gasteiger partial charge in [0, 0.05) is 0 Å². The molecule has 0 bridgehead atoms. The van der Waals surface area contributed by atoms with Crippen LogP contribution in [0.25, 0.3) is 5.57 Å². The van der Waals surface area contributed by atoms with Gasteiger partial charge in [-0.05, 0) is 48.3 Å². The fourth-order valence-corrected chi connectivity index (χ4v) is 2.40. The number of hydrogen-bond donors (Lipinski definition) is 0. The molecule has 0 saturated carbocycles. The number of rotatable bonds is 3. The molecule has 2 rings (SSSR count). The van der Waals surface area contributed by atoms with E-state index in [-0.39, 0.29) is 0 Å². The Kier molecular flexibility index (Phi) is 3.82. The SMILES string of the molecule is CCCc1ccc(C2=CCC(C)CC2)cc1. The van der Waals surface area contributed by atoms with Crippen molar-refractivity contribution in [2.45, 2.75) is 46.0 Å². The molecule has 0 aromatic heterocycles. The van der Waals surface area contributed by atoms with Gasteiger partial charge in [-0.15, -0.1) is 0 Å². The zero-order chi connectivity index (χ0) is 11.4. The Morgan fingerprint density at radius 3 is 2.50 bits per heavy atom. The van der Waals surface area contributed by atoms with Crippen molar-refractivity contribution in [2.75, 3.05) is 0 Å². The lowest BCUT2D eigenvalue weighted by atomic mass is 9.87. The highest BCUT2D eigenvalue weighted by Crippen LogP contribution is 2.29. The Morgan fingerprint density at radius 1 is 1.19 bits per heavy atom. The number of allylic oxidation sites excluding steroid dienone is 2. The van der Waals surface area contributed by atoms with Gasteiger partial charge in [-0.2, -0.15) is 0 Å². The summed E-state index contributed by atoms with van der Waals surface area (Å²) in [6.07, 6.45) is 8.74. The smallest absolute Gasteiger partial charge is 0.0228 e. The highest BCUT2D eigenvalue weighted by atomic mass is 14.2. The summed E-state index contributed by atoms with van der Waals surface area (Å²) in [5.74, 6) is 0.878. The Balaban J connectivity index is 2.09. The fourth-order valence-electron chi connectivity index (χ4n) is 2.40. The van der Waals surface area contributed by atoms with E-state index in [0.717, 1.165) is 5.92 Å². The van der Waals surface area contributed by atoms with E-state index < -0.39 is 0 Å². The van der Waals surface area contributed by atoms with Crippen LogP contribution in [0.5, 0.6) is 0 Å². The Morgan fingerprint density at radius 2 is 1.94 bits per heavy atom. The first-order valence-electron chi connectivity index (χ1n) is 6.58. The molecule has 0 nitrogen and oxygen atoms in total. The second kappa shape index (κ2) is 5.34. The molecule has 0 amide bonds. The number of aryl methyl sites for hydroxylation is 1. The molecule has 0 fully saturated rings. The molecule has 1 unspecified atom stereocenters. The summed E-state index contributed by atoms with van der Waals surface area (Å²) in [6, 6.07) is 9.18. The van der Waals surface area contributed by atoms with Gasteiger partial charge in [0.05, 0.1) is 0 Å². The van der Waals surface area contributed by atoms with E-state index in [9.17, 15) is 0 Å². The van der Waals surface area contributed by atoms with Gasteiger partial charge >= 0.3 is 0 Å². The lowest BCUT2D eigenvalue weighted by Gasteiger charge is -2.18. The maximum absolute atomic E-state index is 2.43. The largest absolute Gasteiger partial charge is 0.0805 e. The van der Waals surface area contributed by atoms with Crippen molar-refractivity contribution < 1.29 is 0 Å². The van der Waals surface area contributed by atoms with Crippen LogP contribution in [0.15, 0.2) is 30.3 Å². The molecular weight excluding hydrogens is 192 g/mol. The van der Waals surface area contributed by atoms with Gasteiger partial charge in [0.15, 0.2) is 0 Å². The summed E-state index contributed by atoms with van der Waals surface area (Å²) in [5, 5.41) is 0. The summed E-state index contributed by atoms with van der Waals surface area (Å²) in [5.41, 5.74) is 4.46. The first-order valence-corrected chi connectivity index (χ1v) is 6.58. The summed E-state index contributed by atoms with van der Waals surface area (Å²) in [4.78, 5) is 0. The van der Waals surface area contributed by atoms with Crippen LogP contribution in [-0.4, -0.2) is 0 Å². The highest BCUT2D eigenvalue weighted by molar-refractivity contribution is 5.66. The third-order valence-electron chi connectivity index (χ3n) is 3.54. The van der Waals surface area contributed by atoms with Crippen molar-refractivity contribution in [1.82, 2.24) is 0 Å². The normalized spacial score (nSPS) is 20.6. The predicted molar refractivity (Wildman–Crippen MR) is 71.4 cm³/mol. The molecule has 1 aromatic carbocycles. The van der Waals surface area contributed by atoms with Gasteiger partial charge < -0.3 is 0 Å². The molecule has 86 valence electrons. The second-order valence-corrected chi connectivity index (χ2v) is 5.06. The van der Waals surface area contributed by atoms with Crippen LogP contribution in [0.4, 0.5) is 0 Å². The zero-order valence-corrected chi connectivity index (χ0v) is 10.5. The molecule has 1 atom stereocenters. The summed E-state index contributed by atoms with van der Waals surface area (Å²) in [6.45, 7) is 4.58. The average molecular weight is 214 g/mol. The first-order chi connectivity index (χ1) is 7.79. The van der Waals surface area contributed by atoms with Crippen LogP contribution in [-0.2, 0) is 6.42 Å². The van der Waals surface area contributed by atoms with Crippen molar-refractivity contribution in [3.63, 3.8) is 0 Å². The van der Waals surface area contributed by atoms with Crippen LogP contribution in [0.2, 0.25) is 0 Å². The topological polar surface area (TPSA) is 0 Å². The zero-order valence-electron chi connectivity index (χ0n) is 10.5. The molecule has 0 saturated heterocycles. The Bertz CT molecular complexity index is 356. The average Bonchev–Trinajstić information content (AvgIpc) is 2.32. The lowest BCUT2D eigenvalue weighted by molar-refractivity contribution is 0.534. The summed E-state index contributed by atoms with van der Waals surface area (Å²) in [7, 11) is 0. The minimum Gasteiger partial charge on any atom is -0.0805 e. The molecule has 0 radical (unpaired) electrons. The van der Waals surface area contributed by atoms with Crippen LogP contribution in [0.1, 0.15) is 50.7 Å². The minimum atomic E-state index is 0.878. The maximum Gasteiger partial charge on any atom is -0.0228 e. The van der Waals surface area contributed by atoms with Crippen molar-refractivity contribution in [3.8, 4) is 0 Å². The van der Waals surface area contributed by atoms with Crippen molar-refractivity contribution >= 4 is 5.57 Å². The third-order valence-corrected chi connectivity index (χ3v) is 3.54. The van der Waals surface area contributed by atoms with E-state index in [1.165, 1.54) is 43.2 Å². The molecule has 16 heavy (non-hydrogen) atoms. The molecule has 1 aromatic rings. The van der Waals surface area contributed by atoms with Crippen molar-refractivity contribution in [2.24, 2.45) is 5.92 Å². The molecule has 0 spiro atoms. The van der Waals surface area contributed by atoms with E-state index in [1.807, 2.05) is 0 Å². The van der Waals surface area contributed by atoms with Crippen LogP contribution in [0, 0.1) is 5.92 Å². The minimum absolute atomic E-state index is 0.878. The standard InChI is InChI=1S/C16H22/c1-3-4-14-7-11-16(12-8-14)15-9-5-13(2)6-10-15/h7-9,11-13H,3-6,10H2,1-2H3. The quantitative estimate of drug-likeness (QED) is 0.675. The van der Waals surface area contributed by atoms with Crippen LogP contribution in [0.3, 0.4) is 0 Å². The number of benzene rings is 1. The van der Waals surface area contributed by atoms with E-state index >= 15 is 0 Å². The van der Waals surface area contributed by atoms with Crippen molar-refractivity contribution in [1.29, 1.82) is 0 Å². The van der Waals surface area contributed by atoms with Gasteiger partial charge in [0.25, 0.3) is 0 Å². The van der Waals surface area contributed by atoms with Gasteiger partial charge in [-0.25, -0.2) is 0 Å². The molecule has 0 heteroatoms. The van der Waals surface area contributed by atoms with Gasteiger partial charge in [0.1, 0.15) is 0 Å². The van der Waals surface area contributed by atoms with Gasteiger partial charge in [-0.3, -0.25) is 0 Å².